The second-order valence-electron chi connectivity index (χ2n) is 5.93. The number of aryl methyl sites for hydroxylation is 2. The normalized spacial score (nSPS) is 12.8. The number of carbonyl (C=O) groups excluding carboxylic acids is 1. The van der Waals surface area contributed by atoms with Crippen molar-refractivity contribution in [3.63, 3.8) is 0 Å². The highest BCUT2D eigenvalue weighted by Gasteiger charge is 2.13. The molecule has 2 aromatic carbocycles. The number of rotatable bonds is 6. The van der Waals surface area contributed by atoms with E-state index >= 15 is 0 Å². The van der Waals surface area contributed by atoms with Crippen LogP contribution in [0, 0.1) is 13.8 Å². The molecular weight excluding hydrogens is 316 g/mol. The van der Waals surface area contributed by atoms with Crippen LogP contribution in [0.5, 0.6) is 0 Å². The Bertz CT molecular complexity index is 726. The van der Waals surface area contributed by atoms with Crippen molar-refractivity contribution < 1.29 is 4.79 Å². The monoisotopic (exact) mass is 340 g/mol. The van der Waals surface area contributed by atoms with E-state index in [1.165, 1.54) is 11.1 Å². The third-order valence-electron chi connectivity index (χ3n) is 3.83. The van der Waals surface area contributed by atoms with Crippen LogP contribution in [0.2, 0.25) is 0 Å². The molecule has 1 amide bonds. The molecule has 0 heterocycles. The molecular formula is C20H24N2OS. The summed E-state index contributed by atoms with van der Waals surface area (Å²) >= 11 is 1.61. The van der Waals surface area contributed by atoms with E-state index in [0.717, 1.165) is 22.6 Å². The smallest absolute Gasteiger partial charge is 0.252 e. The minimum Gasteiger partial charge on any atom is -0.272 e. The Morgan fingerprint density at radius 2 is 1.88 bits per heavy atom. The number of hydrogen-bond acceptors (Lipinski definition) is 3. The van der Waals surface area contributed by atoms with E-state index in [-0.39, 0.29) is 11.2 Å². The molecule has 0 saturated heterocycles. The van der Waals surface area contributed by atoms with E-state index in [0.29, 0.717) is 0 Å². The first-order valence-electron chi connectivity index (χ1n) is 8.04. The maximum atomic E-state index is 12.2. The zero-order valence-electron chi connectivity index (χ0n) is 14.7. The third-order valence-corrected chi connectivity index (χ3v) is 5.04. The largest absolute Gasteiger partial charge is 0.272 e. The Morgan fingerprint density at radius 3 is 2.58 bits per heavy atom. The van der Waals surface area contributed by atoms with Crippen molar-refractivity contribution in [2.24, 2.45) is 5.10 Å². The quantitative estimate of drug-likeness (QED) is 0.623. The van der Waals surface area contributed by atoms with Crippen LogP contribution in [0.1, 0.15) is 36.1 Å². The highest BCUT2D eigenvalue weighted by molar-refractivity contribution is 7.99. The molecule has 3 nitrogen and oxygen atoms in total. The molecule has 0 aliphatic rings. The molecule has 2 aromatic rings. The van der Waals surface area contributed by atoms with Gasteiger partial charge in [-0.15, -0.1) is 11.8 Å². The van der Waals surface area contributed by atoms with Gasteiger partial charge in [0.05, 0.1) is 11.0 Å². The number of benzene rings is 2. The molecule has 0 aliphatic carbocycles. The summed E-state index contributed by atoms with van der Waals surface area (Å²) in [5.74, 6) is 0.746. The second-order valence-corrected chi connectivity index (χ2v) is 7.26. The molecule has 1 N–H and O–H groups in total. The molecule has 0 aliphatic heterocycles. The number of hydrogen-bond donors (Lipinski definition) is 1. The molecule has 0 bridgehead atoms. The molecule has 0 saturated carbocycles. The lowest BCUT2D eigenvalue weighted by molar-refractivity contribution is -0.120. The molecule has 1 atom stereocenters. The van der Waals surface area contributed by atoms with Gasteiger partial charge in [0.1, 0.15) is 0 Å². The first kappa shape index (κ1) is 18.3. The summed E-state index contributed by atoms with van der Waals surface area (Å²) in [4.78, 5) is 12.2. The van der Waals surface area contributed by atoms with Gasteiger partial charge in [-0.25, -0.2) is 5.43 Å². The van der Waals surface area contributed by atoms with Crippen molar-refractivity contribution in [3.8, 4) is 0 Å². The minimum absolute atomic E-state index is 0.0689. The maximum absolute atomic E-state index is 12.2. The summed E-state index contributed by atoms with van der Waals surface area (Å²) in [7, 11) is 0. The van der Waals surface area contributed by atoms with E-state index in [4.69, 9.17) is 0 Å². The van der Waals surface area contributed by atoms with Crippen molar-refractivity contribution in [3.05, 3.63) is 70.8 Å². The summed E-state index contributed by atoms with van der Waals surface area (Å²) in [6, 6.07) is 16.4. The SMILES string of the molecule is C/C(=N/NC(=O)[C@@H](C)SCc1ccccc1)c1cc(C)ccc1C. The maximum Gasteiger partial charge on any atom is 0.252 e. The van der Waals surface area contributed by atoms with Crippen LogP contribution in [-0.2, 0) is 10.5 Å². The summed E-state index contributed by atoms with van der Waals surface area (Å²) in [5, 5.41) is 4.12. The molecule has 0 aromatic heterocycles. The highest BCUT2D eigenvalue weighted by Crippen LogP contribution is 2.17. The Kier molecular flexibility index (Phi) is 6.62. The zero-order valence-corrected chi connectivity index (χ0v) is 15.5. The third kappa shape index (κ3) is 5.24. The summed E-state index contributed by atoms with van der Waals surface area (Å²) in [6.07, 6.45) is 0. The van der Waals surface area contributed by atoms with Crippen LogP contribution < -0.4 is 5.43 Å². The fourth-order valence-electron chi connectivity index (χ4n) is 2.29. The Morgan fingerprint density at radius 1 is 1.17 bits per heavy atom. The molecule has 126 valence electrons. The van der Waals surface area contributed by atoms with Crippen molar-refractivity contribution in [2.75, 3.05) is 0 Å². The van der Waals surface area contributed by atoms with Gasteiger partial charge in [0.2, 0.25) is 0 Å². The number of thioether (sulfide) groups is 1. The summed E-state index contributed by atoms with van der Waals surface area (Å²) in [5.41, 5.74) is 8.14. The van der Waals surface area contributed by atoms with Gasteiger partial charge >= 0.3 is 0 Å². The average Bonchev–Trinajstić information content (AvgIpc) is 2.60. The predicted octanol–water partition coefficient (Wildman–Crippen LogP) is 4.47. The van der Waals surface area contributed by atoms with Gasteiger partial charge in [-0.05, 0) is 44.9 Å². The van der Waals surface area contributed by atoms with Gasteiger partial charge < -0.3 is 0 Å². The molecule has 0 fully saturated rings. The topological polar surface area (TPSA) is 41.5 Å². The Labute approximate surface area is 148 Å². The molecule has 0 spiro atoms. The lowest BCUT2D eigenvalue weighted by Crippen LogP contribution is -2.28. The van der Waals surface area contributed by atoms with E-state index in [9.17, 15) is 4.79 Å². The van der Waals surface area contributed by atoms with Crippen molar-refractivity contribution >= 4 is 23.4 Å². The summed E-state index contributed by atoms with van der Waals surface area (Å²) < 4.78 is 0. The number of nitrogens with zero attached hydrogens (tertiary/aromatic N) is 1. The Balaban J connectivity index is 1.92. The van der Waals surface area contributed by atoms with E-state index in [1.54, 1.807) is 11.8 Å². The highest BCUT2D eigenvalue weighted by atomic mass is 32.2. The van der Waals surface area contributed by atoms with Gasteiger partial charge in [0, 0.05) is 11.3 Å². The van der Waals surface area contributed by atoms with Crippen LogP contribution in [0.25, 0.3) is 0 Å². The minimum atomic E-state index is -0.152. The van der Waals surface area contributed by atoms with E-state index < -0.39 is 0 Å². The molecule has 24 heavy (non-hydrogen) atoms. The van der Waals surface area contributed by atoms with Crippen LogP contribution in [0.4, 0.5) is 0 Å². The molecule has 4 heteroatoms. The predicted molar refractivity (Wildman–Crippen MR) is 103 cm³/mol. The lowest BCUT2D eigenvalue weighted by atomic mass is 10.0. The number of hydrazone groups is 1. The first-order chi connectivity index (χ1) is 11.5. The number of amides is 1. The fourth-order valence-corrected chi connectivity index (χ4v) is 3.13. The van der Waals surface area contributed by atoms with Gasteiger partial charge in [-0.2, -0.15) is 5.10 Å². The van der Waals surface area contributed by atoms with E-state index in [2.05, 4.69) is 47.8 Å². The van der Waals surface area contributed by atoms with Crippen molar-refractivity contribution in [2.45, 2.75) is 38.7 Å². The average molecular weight is 340 g/mol. The Hall–Kier alpha value is -2.07. The van der Waals surface area contributed by atoms with Crippen molar-refractivity contribution in [1.82, 2.24) is 5.43 Å². The molecule has 0 radical (unpaired) electrons. The van der Waals surface area contributed by atoms with Crippen molar-refractivity contribution in [1.29, 1.82) is 0 Å². The van der Waals surface area contributed by atoms with Crippen LogP contribution in [-0.4, -0.2) is 16.9 Å². The van der Waals surface area contributed by atoms with Gasteiger partial charge in [-0.1, -0.05) is 48.0 Å². The first-order valence-corrected chi connectivity index (χ1v) is 9.09. The standard InChI is InChI=1S/C20H24N2OS/c1-14-10-11-15(2)19(12-14)16(3)21-22-20(23)17(4)24-13-18-8-6-5-7-9-18/h5-12,17H,13H2,1-4H3,(H,22,23)/b21-16-/t17-/m1/s1. The molecule has 2 rings (SSSR count). The van der Waals surface area contributed by atoms with Gasteiger partial charge in [-0.3, -0.25) is 4.79 Å². The van der Waals surface area contributed by atoms with Gasteiger partial charge in [0.25, 0.3) is 5.91 Å². The van der Waals surface area contributed by atoms with Gasteiger partial charge in [0.15, 0.2) is 0 Å². The number of nitrogens with one attached hydrogen (secondary N) is 1. The lowest BCUT2D eigenvalue weighted by Gasteiger charge is -2.11. The molecule has 0 unspecified atom stereocenters. The van der Waals surface area contributed by atoms with E-state index in [1.807, 2.05) is 39.0 Å². The fraction of sp³-hybridized carbons (Fsp3) is 0.300. The zero-order chi connectivity index (χ0) is 17.5. The van der Waals surface area contributed by atoms with Crippen LogP contribution in [0.3, 0.4) is 0 Å². The van der Waals surface area contributed by atoms with Crippen LogP contribution >= 0.6 is 11.8 Å². The second kappa shape index (κ2) is 8.69. The summed E-state index contributed by atoms with van der Waals surface area (Å²) in [6.45, 7) is 7.93. The number of carbonyl (C=O) groups is 1. The van der Waals surface area contributed by atoms with Crippen LogP contribution in [0.15, 0.2) is 53.6 Å².